The van der Waals surface area contributed by atoms with Crippen LogP contribution >= 0.6 is 0 Å². The molecule has 10 nitrogen and oxygen atoms in total. The molecule has 208 valence electrons. The van der Waals surface area contributed by atoms with Gasteiger partial charge < -0.3 is 25.0 Å². The van der Waals surface area contributed by atoms with Gasteiger partial charge in [0.05, 0.1) is 28.6 Å². The average molecular weight is 547 g/mol. The molecule has 11 heteroatoms. The number of hydrogen-bond acceptors (Lipinski definition) is 7. The molecule has 0 unspecified atom stereocenters. The summed E-state index contributed by atoms with van der Waals surface area (Å²) in [4.78, 5) is 35.0. The minimum atomic E-state index is -1.11. The smallest absolute Gasteiger partial charge is 0.410 e. The lowest BCUT2D eigenvalue weighted by Gasteiger charge is -2.20. The summed E-state index contributed by atoms with van der Waals surface area (Å²) in [6.45, 7) is 1.66. The highest BCUT2D eigenvalue weighted by Crippen LogP contribution is 2.31. The number of aryl methyl sites for hydroxylation is 1. The number of carbonyl (C=O) groups excluding carboxylic acids is 1. The first-order valence-electron chi connectivity index (χ1n) is 13.2. The molecular weight excluding hydrogens is 515 g/mol. The highest BCUT2D eigenvalue weighted by molar-refractivity contribution is 5.92. The molecule has 1 saturated heterocycles. The summed E-state index contributed by atoms with van der Waals surface area (Å²) in [5.74, 6) is -1.07. The van der Waals surface area contributed by atoms with Gasteiger partial charge in [-0.15, -0.1) is 0 Å². The lowest BCUT2D eigenvalue weighted by Crippen LogP contribution is -2.41. The normalized spacial score (nSPS) is 16.8. The van der Waals surface area contributed by atoms with Gasteiger partial charge in [0.25, 0.3) is 0 Å². The molecule has 5 rings (SSSR count). The number of fused-ring (bicyclic) bond motifs is 1. The van der Waals surface area contributed by atoms with Gasteiger partial charge in [-0.25, -0.2) is 23.9 Å². The number of pyridine rings is 1. The summed E-state index contributed by atoms with van der Waals surface area (Å²) in [6.07, 6.45) is 2.04. The number of carbonyl (C=O) groups is 2. The molecule has 2 aromatic carbocycles. The van der Waals surface area contributed by atoms with Gasteiger partial charge in [0.2, 0.25) is 0 Å². The Bertz CT molecular complexity index is 1490. The molecule has 1 aliphatic rings. The second-order valence-corrected chi connectivity index (χ2v) is 9.72. The molecule has 3 heterocycles. The fraction of sp³-hybridized carbons (Fsp3) is 0.310. The second kappa shape index (κ2) is 12.1. The number of benzene rings is 2. The zero-order valence-corrected chi connectivity index (χ0v) is 22.1. The van der Waals surface area contributed by atoms with Crippen molar-refractivity contribution in [3.63, 3.8) is 0 Å². The van der Waals surface area contributed by atoms with Crippen LogP contribution < -0.4 is 10.6 Å². The number of ether oxygens (including phenoxy) is 1. The van der Waals surface area contributed by atoms with E-state index in [0.717, 1.165) is 18.5 Å². The lowest BCUT2D eigenvalue weighted by molar-refractivity contribution is -0.141. The number of halogens is 1. The summed E-state index contributed by atoms with van der Waals surface area (Å²) in [5.41, 5.74) is 2.92. The van der Waals surface area contributed by atoms with Crippen LogP contribution in [0.15, 0.2) is 67.0 Å². The monoisotopic (exact) mass is 546 g/mol. The number of carboxylic acid groups (broad SMARTS) is 1. The number of nitrogens with one attached hydrogen (secondary N) is 2. The average Bonchev–Trinajstić information content (AvgIpc) is 3.57. The van der Waals surface area contributed by atoms with E-state index in [2.05, 4.69) is 20.6 Å². The molecule has 2 atom stereocenters. The summed E-state index contributed by atoms with van der Waals surface area (Å²) in [5, 5.41) is 16.1. The second-order valence-electron chi connectivity index (χ2n) is 9.72. The molecular formula is C29H31FN6O4. The molecule has 0 spiro atoms. The van der Waals surface area contributed by atoms with Crippen LogP contribution in [0.3, 0.4) is 0 Å². The Kier molecular flexibility index (Phi) is 8.20. The van der Waals surface area contributed by atoms with Gasteiger partial charge in [-0.05, 0) is 49.8 Å². The fourth-order valence-electron chi connectivity index (χ4n) is 5.02. The van der Waals surface area contributed by atoms with Gasteiger partial charge in [0, 0.05) is 25.6 Å². The van der Waals surface area contributed by atoms with Crippen molar-refractivity contribution in [2.24, 2.45) is 0 Å². The van der Waals surface area contributed by atoms with Crippen molar-refractivity contribution < 1.29 is 23.8 Å². The number of nitrogens with zero attached hydrogens (tertiary/aromatic N) is 4. The quantitative estimate of drug-likeness (QED) is 0.254. The third-order valence-corrected chi connectivity index (χ3v) is 6.94. The van der Waals surface area contributed by atoms with Gasteiger partial charge in [-0.1, -0.05) is 36.4 Å². The SMILES string of the molecule is CNCCCn1cnc2ccc(F)c(-c3cccc(N[C@H]4C[C@@H](C(=O)O)N(C(=O)OCc5ccccc5)C4)n3)c21. The van der Waals surface area contributed by atoms with E-state index in [1.807, 2.05) is 41.9 Å². The first kappa shape index (κ1) is 27.1. The number of aromatic nitrogens is 3. The Balaban J connectivity index is 1.34. The van der Waals surface area contributed by atoms with E-state index in [-0.39, 0.29) is 25.6 Å². The predicted molar refractivity (Wildman–Crippen MR) is 148 cm³/mol. The summed E-state index contributed by atoms with van der Waals surface area (Å²) >= 11 is 0. The van der Waals surface area contributed by atoms with Gasteiger partial charge >= 0.3 is 12.1 Å². The van der Waals surface area contributed by atoms with Crippen LogP contribution in [0.1, 0.15) is 18.4 Å². The fourth-order valence-corrected chi connectivity index (χ4v) is 5.02. The van der Waals surface area contributed by atoms with Gasteiger partial charge in [0.1, 0.15) is 24.3 Å². The minimum absolute atomic E-state index is 0.0485. The van der Waals surface area contributed by atoms with Crippen LogP contribution in [0.5, 0.6) is 0 Å². The summed E-state index contributed by atoms with van der Waals surface area (Å²) in [7, 11) is 1.88. The van der Waals surface area contributed by atoms with Crippen LogP contribution in [-0.2, 0) is 22.7 Å². The highest BCUT2D eigenvalue weighted by Gasteiger charge is 2.40. The van der Waals surface area contributed by atoms with Crippen molar-refractivity contribution >= 4 is 28.9 Å². The molecule has 0 radical (unpaired) electrons. The molecule has 2 aromatic heterocycles. The Morgan fingerprint density at radius 3 is 2.73 bits per heavy atom. The van der Waals surface area contributed by atoms with Crippen molar-refractivity contribution in [3.05, 3.63) is 78.4 Å². The molecule has 0 bridgehead atoms. The Hall–Kier alpha value is -4.51. The number of hydrogen-bond donors (Lipinski definition) is 3. The number of rotatable bonds is 10. The van der Waals surface area contributed by atoms with E-state index in [4.69, 9.17) is 4.74 Å². The number of imidazole rings is 1. The molecule has 1 amide bonds. The predicted octanol–water partition coefficient (Wildman–Crippen LogP) is 4.12. The Morgan fingerprint density at radius 1 is 1.12 bits per heavy atom. The minimum Gasteiger partial charge on any atom is -0.480 e. The molecule has 1 fully saturated rings. The number of amides is 1. The van der Waals surface area contributed by atoms with Crippen LogP contribution in [0.4, 0.5) is 15.0 Å². The maximum Gasteiger partial charge on any atom is 0.410 e. The Morgan fingerprint density at radius 2 is 1.95 bits per heavy atom. The highest BCUT2D eigenvalue weighted by atomic mass is 19.1. The van der Waals surface area contributed by atoms with E-state index >= 15 is 4.39 Å². The molecule has 0 aliphatic carbocycles. The maximum absolute atomic E-state index is 15.2. The largest absolute Gasteiger partial charge is 0.480 e. The van der Waals surface area contributed by atoms with Crippen molar-refractivity contribution in [1.29, 1.82) is 0 Å². The van der Waals surface area contributed by atoms with Gasteiger partial charge in [-0.2, -0.15) is 0 Å². The summed E-state index contributed by atoms with van der Waals surface area (Å²) < 4.78 is 22.5. The zero-order chi connectivity index (χ0) is 28.1. The molecule has 3 N–H and O–H groups in total. The van der Waals surface area contributed by atoms with Crippen molar-refractivity contribution in [3.8, 4) is 11.3 Å². The van der Waals surface area contributed by atoms with E-state index in [9.17, 15) is 14.7 Å². The van der Waals surface area contributed by atoms with Crippen molar-refractivity contribution in [1.82, 2.24) is 24.8 Å². The van der Waals surface area contributed by atoms with Gasteiger partial charge in [0.15, 0.2) is 0 Å². The topological polar surface area (TPSA) is 122 Å². The Labute approximate surface area is 230 Å². The number of aliphatic carboxylic acids is 1. The standard InChI is InChI=1S/C29H31FN6O4/c1-31-13-6-14-35-18-32-23-12-11-21(30)26(27(23)35)22-9-5-10-25(34-22)33-20-15-24(28(37)38)36(16-20)29(39)40-17-19-7-3-2-4-8-19/h2-5,7-12,18,20,24,31H,6,13-17H2,1H3,(H,33,34)(H,37,38)/t20-,24-/m0/s1. The lowest BCUT2D eigenvalue weighted by atomic mass is 10.1. The third kappa shape index (κ3) is 5.89. The maximum atomic E-state index is 15.2. The van der Waals surface area contributed by atoms with Crippen LogP contribution in [0.2, 0.25) is 0 Å². The molecule has 0 saturated carbocycles. The van der Waals surface area contributed by atoms with Crippen LogP contribution in [-0.4, -0.2) is 68.8 Å². The number of anilines is 1. The third-order valence-electron chi connectivity index (χ3n) is 6.94. The van der Waals surface area contributed by atoms with E-state index in [1.165, 1.54) is 11.0 Å². The molecule has 40 heavy (non-hydrogen) atoms. The van der Waals surface area contributed by atoms with E-state index < -0.39 is 23.9 Å². The van der Waals surface area contributed by atoms with Crippen molar-refractivity contribution in [2.75, 3.05) is 25.5 Å². The molecule has 4 aromatic rings. The van der Waals surface area contributed by atoms with E-state index in [1.54, 1.807) is 30.6 Å². The molecule has 1 aliphatic heterocycles. The first-order valence-corrected chi connectivity index (χ1v) is 13.2. The zero-order valence-electron chi connectivity index (χ0n) is 22.1. The van der Waals surface area contributed by atoms with Crippen molar-refractivity contribution in [2.45, 2.75) is 38.1 Å². The summed E-state index contributed by atoms with van der Waals surface area (Å²) in [6, 6.07) is 16.0. The van der Waals surface area contributed by atoms with Gasteiger partial charge in [-0.3, -0.25) is 4.90 Å². The first-order chi connectivity index (χ1) is 19.4. The van der Waals surface area contributed by atoms with Crippen LogP contribution in [0.25, 0.3) is 22.3 Å². The number of carboxylic acids is 1. The number of likely N-dealkylation sites (tertiary alicyclic amines) is 1. The van der Waals surface area contributed by atoms with E-state index in [0.29, 0.717) is 34.7 Å². The van der Waals surface area contributed by atoms with Crippen LogP contribution in [0, 0.1) is 5.82 Å².